The Kier molecular flexibility index (Phi) is 12.3. The molecule has 2 heterocycles. The zero-order chi connectivity index (χ0) is 19.7. The first-order chi connectivity index (χ1) is 13.9. The van der Waals surface area contributed by atoms with Crippen LogP contribution in [-0.4, -0.2) is 9.97 Å². The minimum atomic E-state index is 1.09. The molecule has 0 aliphatic carbocycles. The van der Waals surface area contributed by atoms with Gasteiger partial charge in [0.15, 0.2) is 0 Å². The van der Waals surface area contributed by atoms with Gasteiger partial charge >= 0.3 is 0 Å². The van der Waals surface area contributed by atoms with Crippen molar-refractivity contribution < 1.29 is 0 Å². The molecule has 2 aromatic rings. The summed E-state index contributed by atoms with van der Waals surface area (Å²) in [5.41, 5.74) is 3.69. The second-order valence-electron chi connectivity index (χ2n) is 8.12. The Labute approximate surface area is 173 Å². The third-order valence-corrected chi connectivity index (χ3v) is 5.62. The largest absolute Gasteiger partial charge is 0.265 e. The van der Waals surface area contributed by atoms with Crippen LogP contribution in [0.2, 0.25) is 0 Å². The summed E-state index contributed by atoms with van der Waals surface area (Å²) in [5, 5.41) is 0. The number of aromatic nitrogens is 2. The average Bonchev–Trinajstić information content (AvgIpc) is 2.75. The van der Waals surface area contributed by atoms with E-state index in [2.05, 4.69) is 41.2 Å². The molecule has 2 heteroatoms. The minimum absolute atomic E-state index is 1.09. The van der Waals surface area contributed by atoms with E-state index < -0.39 is 0 Å². The Bertz CT molecular complexity index is 609. The van der Waals surface area contributed by atoms with Crippen molar-refractivity contribution in [2.75, 3.05) is 0 Å². The molecule has 0 atom stereocenters. The Balaban J connectivity index is 1.45. The van der Waals surface area contributed by atoms with Gasteiger partial charge in [-0.1, -0.05) is 90.4 Å². The number of hydrogen-bond donors (Lipinski definition) is 0. The van der Waals surface area contributed by atoms with Crippen molar-refractivity contribution >= 4 is 0 Å². The molecule has 2 aromatic heterocycles. The van der Waals surface area contributed by atoms with Gasteiger partial charge in [-0.15, -0.1) is 0 Å². The molecule has 0 aromatic carbocycles. The summed E-state index contributed by atoms with van der Waals surface area (Å²) in [5.74, 6) is 0. The van der Waals surface area contributed by atoms with Gasteiger partial charge in [0.05, 0.1) is 0 Å². The molecule has 0 radical (unpaired) electrons. The van der Waals surface area contributed by atoms with Gasteiger partial charge in [0, 0.05) is 24.3 Å². The molecule has 0 unspecified atom stereocenters. The van der Waals surface area contributed by atoms with Crippen molar-refractivity contribution in [3.05, 3.63) is 48.5 Å². The molecular weight excluding hydrogens is 340 g/mol. The van der Waals surface area contributed by atoms with Gasteiger partial charge in [0.2, 0.25) is 0 Å². The Hall–Kier alpha value is -1.70. The quantitative estimate of drug-likeness (QED) is 0.274. The third-order valence-electron chi connectivity index (χ3n) is 5.62. The third kappa shape index (κ3) is 10.0. The summed E-state index contributed by atoms with van der Waals surface area (Å²) in [6, 6.07) is 8.44. The van der Waals surface area contributed by atoms with Crippen molar-refractivity contribution in [3.8, 4) is 11.1 Å². The first-order valence-corrected chi connectivity index (χ1v) is 11.8. The Morgan fingerprint density at radius 3 is 1.64 bits per heavy atom. The molecule has 0 aliphatic heterocycles. The second kappa shape index (κ2) is 15.2. The predicted octanol–water partition coefficient (Wildman–Crippen LogP) is 8.17. The van der Waals surface area contributed by atoms with Crippen molar-refractivity contribution in [2.24, 2.45) is 0 Å². The summed E-state index contributed by atoms with van der Waals surface area (Å²) < 4.78 is 0. The number of rotatable bonds is 16. The van der Waals surface area contributed by atoms with Gasteiger partial charge in [-0.05, 0) is 48.2 Å². The van der Waals surface area contributed by atoms with Gasteiger partial charge in [-0.3, -0.25) is 9.97 Å². The average molecular weight is 381 g/mol. The molecule has 2 nitrogen and oxygen atoms in total. The molecule has 154 valence electrons. The SMILES string of the molecule is CCCCCCCCCCCCCCCCc1cc(-c2ccncc2)ccn1. The fourth-order valence-electron chi connectivity index (χ4n) is 3.84. The Morgan fingerprint density at radius 2 is 1.07 bits per heavy atom. The van der Waals surface area contributed by atoms with Crippen LogP contribution < -0.4 is 0 Å². The molecule has 0 amide bonds. The van der Waals surface area contributed by atoms with Gasteiger partial charge in [-0.2, -0.15) is 0 Å². The van der Waals surface area contributed by atoms with E-state index in [1.807, 2.05) is 18.6 Å². The fraction of sp³-hybridized carbons (Fsp3) is 0.615. The molecular formula is C26H40N2. The van der Waals surface area contributed by atoms with Crippen LogP contribution in [-0.2, 0) is 6.42 Å². The molecule has 0 fully saturated rings. The summed E-state index contributed by atoms with van der Waals surface area (Å²) in [6.45, 7) is 2.29. The normalized spacial score (nSPS) is 11.0. The van der Waals surface area contributed by atoms with E-state index >= 15 is 0 Å². The van der Waals surface area contributed by atoms with Gasteiger partial charge in [0.1, 0.15) is 0 Å². The lowest BCUT2D eigenvalue weighted by Crippen LogP contribution is -1.91. The maximum atomic E-state index is 4.55. The molecule has 0 bridgehead atoms. The van der Waals surface area contributed by atoms with E-state index in [1.54, 1.807) is 0 Å². The fourth-order valence-corrected chi connectivity index (χ4v) is 3.84. The van der Waals surface area contributed by atoms with Crippen LogP contribution in [0.25, 0.3) is 11.1 Å². The van der Waals surface area contributed by atoms with Crippen molar-refractivity contribution in [1.82, 2.24) is 9.97 Å². The van der Waals surface area contributed by atoms with Crippen molar-refractivity contribution in [2.45, 2.75) is 103 Å². The van der Waals surface area contributed by atoms with E-state index in [-0.39, 0.29) is 0 Å². The van der Waals surface area contributed by atoms with Crippen molar-refractivity contribution in [1.29, 1.82) is 0 Å². The van der Waals surface area contributed by atoms with Gasteiger partial charge in [-0.25, -0.2) is 0 Å². The highest BCUT2D eigenvalue weighted by Gasteiger charge is 2.01. The number of aryl methyl sites for hydroxylation is 1. The van der Waals surface area contributed by atoms with Crippen LogP contribution in [0.5, 0.6) is 0 Å². The van der Waals surface area contributed by atoms with E-state index in [1.165, 1.54) is 107 Å². The predicted molar refractivity (Wildman–Crippen MR) is 121 cm³/mol. The zero-order valence-corrected chi connectivity index (χ0v) is 18.0. The second-order valence-corrected chi connectivity index (χ2v) is 8.12. The lowest BCUT2D eigenvalue weighted by molar-refractivity contribution is 0.535. The van der Waals surface area contributed by atoms with E-state index in [0.29, 0.717) is 0 Å². The van der Waals surface area contributed by atoms with Gasteiger partial charge in [0.25, 0.3) is 0 Å². The highest BCUT2D eigenvalue weighted by Crippen LogP contribution is 2.19. The van der Waals surface area contributed by atoms with Crippen LogP contribution in [0.1, 0.15) is 103 Å². The van der Waals surface area contributed by atoms with Crippen LogP contribution >= 0.6 is 0 Å². The molecule has 0 aliphatic rings. The number of unbranched alkanes of at least 4 members (excludes halogenated alkanes) is 13. The lowest BCUT2D eigenvalue weighted by atomic mass is 10.0. The topological polar surface area (TPSA) is 25.8 Å². The van der Waals surface area contributed by atoms with Gasteiger partial charge < -0.3 is 0 Å². The summed E-state index contributed by atoms with van der Waals surface area (Å²) in [4.78, 5) is 8.65. The molecule has 0 N–H and O–H groups in total. The summed E-state index contributed by atoms with van der Waals surface area (Å²) in [6.07, 6.45) is 26.4. The summed E-state index contributed by atoms with van der Waals surface area (Å²) in [7, 11) is 0. The first-order valence-electron chi connectivity index (χ1n) is 11.8. The molecule has 2 rings (SSSR count). The highest BCUT2D eigenvalue weighted by molar-refractivity contribution is 5.62. The number of pyridine rings is 2. The van der Waals surface area contributed by atoms with Crippen LogP contribution in [0.15, 0.2) is 42.9 Å². The lowest BCUT2D eigenvalue weighted by Gasteiger charge is -2.05. The molecule has 0 spiro atoms. The molecule has 0 saturated heterocycles. The van der Waals surface area contributed by atoms with Crippen LogP contribution in [0.4, 0.5) is 0 Å². The maximum Gasteiger partial charge on any atom is 0.0409 e. The van der Waals surface area contributed by atoms with Crippen LogP contribution in [0.3, 0.4) is 0 Å². The zero-order valence-electron chi connectivity index (χ0n) is 18.0. The van der Waals surface area contributed by atoms with E-state index in [0.717, 1.165) is 6.42 Å². The van der Waals surface area contributed by atoms with E-state index in [4.69, 9.17) is 0 Å². The number of hydrogen-bond acceptors (Lipinski definition) is 2. The van der Waals surface area contributed by atoms with Crippen LogP contribution in [0, 0.1) is 0 Å². The van der Waals surface area contributed by atoms with Crippen molar-refractivity contribution in [3.63, 3.8) is 0 Å². The first kappa shape index (κ1) is 22.6. The smallest absolute Gasteiger partial charge is 0.0409 e. The Morgan fingerprint density at radius 1 is 0.571 bits per heavy atom. The van der Waals surface area contributed by atoms with E-state index in [9.17, 15) is 0 Å². The minimum Gasteiger partial charge on any atom is -0.265 e. The maximum absolute atomic E-state index is 4.55. The molecule has 0 saturated carbocycles. The highest BCUT2D eigenvalue weighted by atomic mass is 14.7. The monoisotopic (exact) mass is 380 g/mol. The number of nitrogens with zero attached hydrogens (tertiary/aromatic N) is 2. The molecule has 28 heavy (non-hydrogen) atoms. The standard InChI is InChI=1S/C26H40N2/c1-2-3-4-5-6-7-8-9-10-11-12-13-14-15-16-26-23-25(19-22-28-26)24-17-20-27-21-18-24/h17-23H,2-16H2,1H3. The summed E-state index contributed by atoms with van der Waals surface area (Å²) >= 11 is 0.